The molecule has 0 radical (unpaired) electrons. The highest BCUT2D eigenvalue weighted by molar-refractivity contribution is 6.62. The molecule has 1 fully saturated rings. The second kappa shape index (κ2) is 4.76. The van der Waals surface area contributed by atoms with Gasteiger partial charge in [-0.2, -0.15) is 0 Å². The summed E-state index contributed by atoms with van der Waals surface area (Å²) in [7, 11) is -0.388. The van der Waals surface area contributed by atoms with E-state index < -0.39 is 0 Å². The second-order valence-electron chi connectivity index (χ2n) is 7.09. The average molecular weight is 329 g/mol. The van der Waals surface area contributed by atoms with Crippen LogP contribution in [0.2, 0.25) is 5.02 Å². The van der Waals surface area contributed by atoms with Gasteiger partial charge in [0, 0.05) is 21.9 Å². The molecule has 1 aliphatic rings. The quantitative estimate of drug-likeness (QED) is 0.615. The molecule has 4 rings (SSSR count). The summed E-state index contributed by atoms with van der Waals surface area (Å²) in [5.74, 6) is 0. The van der Waals surface area contributed by atoms with Crippen LogP contribution in [-0.2, 0) is 9.31 Å². The van der Waals surface area contributed by atoms with Gasteiger partial charge >= 0.3 is 7.12 Å². The van der Waals surface area contributed by atoms with Crippen LogP contribution in [0.4, 0.5) is 0 Å². The first-order valence-corrected chi connectivity index (χ1v) is 8.12. The first-order chi connectivity index (χ1) is 10.8. The molecule has 2 aromatic carbocycles. The van der Waals surface area contributed by atoms with E-state index in [0.29, 0.717) is 5.02 Å². The van der Waals surface area contributed by atoms with Crippen molar-refractivity contribution >= 4 is 46.1 Å². The SMILES string of the molecule is CC1(C)OB(c2ccc3c(c2)oc2cc(Cl)ccc23)OC1(C)C. The first-order valence-electron chi connectivity index (χ1n) is 7.74. The monoisotopic (exact) mass is 328 g/mol. The predicted octanol–water partition coefficient (Wildman–Crippen LogP) is 4.54. The number of furan rings is 1. The molecule has 0 atom stereocenters. The molecule has 0 amide bonds. The Morgan fingerprint density at radius 2 is 1.39 bits per heavy atom. The minimum Gasteiger partial charge on any atom is -0.456 e. The molecule has 0 N–H and O–H groups in total. The molecule has 3 aromatic rings. The molecule has 0 aliphatic carbocycles. The molecule has 0 spiro atoms. The summed E-state index contributed by atoms with van der Waals surface area (Å²) in [5, 5.41) is 2.80. The number of hydrogen-bond donors (Lipinski definition) is 0. The summed E-state index contributed by atoms with van der Waals surface area (Å²) in [6.07, 6.45) is 0. The number of halogens is 1. The lowest BCUT2D eigenvalue weighted by Gasteiger charge is -2.32. The van der Waals surface area contributed by atoms with E-state index >= 15 is 0 Å². The van der Waals surface area contributed by atoms with Gasteiger partial charge in [-0.25, -0.2) is 0 Å². The average Bonchev–Trinajstić information content (AvgIpc) is 2.91. The fourth-order valence-electron chi connectivity index (χ4n) is 2.89. The van der Waals surface area contributed by atoms with Crippen LogP contribution in [0.15, 0.2) is 40.8 Å². The van der Waals surface area contributed by atoms with Crippen LogP contribution >= 0.6 is 11.6 Å². The van der Waals surface area contributed by atoms with Gasteiger partial charge in [-0.05, 0) is 51.4 Å². The fraction of sp³-hybridized carbons (Fsp3) is 0.333. The summed E-state index contributed by atoms with van der Waals surface area (Å²) >= 11 is 6.04. The largest absolute Gasteiger partial charge is 0.494 e. The van der Waals surface area contributed by atoms with E-state index in [4.69, 9.17) is 25.3 Å². The third kappa shape index (κ3) is 2.28. The first kappa shape index (κ1) is 15.1. The highest BCUT2D eigenvalue weighted by atomic mass is 35.5. The minimum atomic E-state index is -0.388. The molecular formula is C18H18BClO3. The van der Waals surface area contributed by atoms with E-state index in [-0.39, 0.29) is 18.3 Å². The van der Waals surface area contributed by atoms with Gasteiger partial charge in [-0.15, -0.1) is 0 Å². The predicted molar refractivity (Wildman–Crippen MR) is 94.4 cm³/mol. The highest BCUT2D eigenvalue weighted by Crippen LogP contribution is 2.37. The third-order valence-electron chi connectivity index (χ3n) is 4.98. The van der Waals surface area contributed by atoms with Crippen molar-refractivity contribution in [1.29, 1.82) is 0 Å². The summed E-state index contributed by atoms with van der Waals surface area (Å²) in [5.41, 5.74) is 1.86. The normalized spacial score (nSPS) is 19.8. The fourth-order valence-corrected chi connectivity index (χ4v) is 3.06. The van der Waals surface area contributed by atoms with Crippen LogP contribution in [0.1, 0.15) is 27.7 Å². The zero-order chi connectivity index (χ0) is 16.4. The topological polar surface area (TPSA) is 31.6 Å². The lowest BCUT2D eigenvalue weighted by atomic mass is 9.79. The van der Waals surface area contributed by atoms with Crippen LogP contribution in [0.3, 0.4) is 0 Å². The Hall–Kier alpha value is -1.49. The number of fused-ring (bicyclic) bond motifs is 3. The highest BCUT2D eigenvalue weighted by Gasteiger charge is 2.51. The smallest absolute Gasteiger partial charge is 0.456 e. The maximum atomic E-state index is 6.11. The van der Waals surface area contributed by atoms with E-state index in [9.17, 15) is 0 Å². The molecule has 5 heteroatoms. The number of rotatable bonds is 1. The van der Waals surface area contributed by atoms with Crippen LogP contribution < -0.4 is 5.46 Å². The van der Waals surface area contributed by atoms with Gasteiger partial charge in [0.25, 0.3) is 0 Å². The molecule has 3 nitrogen and oxygen atoms in total. The molecular weight excluding hydrogens is 310 g/mol. The Balaban J connectivity index is 1.79. The van der Waals surface area contributed by atoms with E-state index in [1.54, 1.807) is 0 Å². The van der Waals surface area contributed by atoms with Gasteiger partial charge in [0.05, 0.1) is 11.2 Å². The van der Waals surface area contributed by atoms with Gasteiger partial charge in [-0.3, -0.25) is 0 Å². The maximum Gasteiger partial charge on any atom is 0.494 e. The van der Waals surface area contributed by atoms with Gasteiger partial charge in [0.1, 0.15) is 11.2 Å². The van der Waals surface area contributed by atoms with Crippen molar-refractivity contribution in [2.75, 3.05) is 0 Å². The third-order valence-corrected chi connectivity index (χ3v) is 5.22. The van der Waals surface area contributed by atoms with Gasteiger partial charge in [-0.1, -0.05) is 23.7 Å². The molecule has 118 valence electrons. The zero-order valence-corrected chi connectivity index (χ0v) is 14.4. The summed E-state index contributed by atoms with van der Waals surface area (Å²) in [6, 6.07) is 11.8. The molecule has 0 bridgehead atoms. The van der Waals surface area contributed by atoms with Gasteiger partial charge in [0.15, 0.2) is 0 Å². The maximum absolute atomic E-state index is 6.11. The molecule has 1 saturated heterocycles. The van der Waals surface area contributed by atoms with Crippen molar-refractivity contribution in [2.24, 2.45) is 0 Å². The van der Waals surface area contributed by atoms with Crippen LogP contribution in [0, 0.1) is 0 Å². The zero-order valence-electron chi connectivity index (χ0n) is 13.6. The van der Waals surface area contributed by atoms with Gasteiger partial charge in [0.2, 0.25) is 0 Å². The van der Waals surface area contributed by atoms with Crippen LogP contribution in [0.25, 0.3) is 21.9 Å². The Bertz CT molecular complexity index is 897. The van der Waals surface area contributed by atoms with Crippen molar-refractivity contribution in [1.82, 2.24) is 0 Å². The summed E-state index contributed by atoms with van der Waals surface area (Å²) in [4.78, 5) is 0. The van der Waals surface area contributed by atoms with E-state index in [1.165, 1.54) is 0 Å². The Kier molecular flexibility index (Phi) is 3.12. The van der Waals surface area contributed by atoms with Crippen LogP contribution in [-0.4, -0.2) is 18.3 Å². The lowest BCUT2D eigenvalue weighted by Crippen LogP contribution is -2.41. The van der Waals surface area contributed by atoms with Crippen molar-refractivity contribution in [3.05, 3.63) is 41.4 Å². The molecule has 2 heterocycles. The second-order valence-corrected chi connectivity index (χ2v) is 7.52. The molecule has 23 heavy (non-hydrogen) atoms. The van der Waals surface area contributed by atoms with Gasteiger partial charge < -0.3 is 13.7 Å². The van der Waals surface area contributed by atoms with E-state index in [0.717, 1.165) is 27.4 Å². The Labute approximate surface area is 140 Å². The van der Waals surface area contributed by atoms with Crippen LogP contribution in [0.5, 0.6) is 0 Å². The Morgan fingerprint density at radius 1 is 0.826 bits per heavy atom. The van der Waals surface area contributed by atoms with E-state index in [2.05, 4.69) is 33.8 Å². The van der Waals surface area contributed by atoms with Crippen molar-refractivity contribution in [3.63, 3.8) is 0 Å². The van der Waals surface area contributed by atoms with Crippen molar-refractivity contribution in [3.8, 4) is 0 Å². The van der Waals surface area contributed by atoms with E-state index in [1.807, 2.05) is 30.3 Å². The lowest BCUT2D eigenvalue weighted by molar-refractivity contribution is 0.00578. The number of benzene rings is 2. The standard InChI is InChI=1S/C18H18BClO3/c1-17(2)18(3,4)23-19(22-17)11-5-7-13-14-8-6-12(20)10-16(14)21-15(13)9-11/h5-10H,1-4H3. The Morgan fingerprint density at radius 3 is 2.04 bits per heavy atom. The molecule has 0 saturated carbocycles. The van der Waals surface area contributed by atoms with Crippen molar-refractivity contribution in [2.45, 2.75) is 38.9 Å². The minimum absolute atomic E-state index is 0.353. The summed E-state index contributed by atoms with van der Waals surface area (Å²) < 4.78 is 18.2. The molecule has 0 unspecified atom stereocenters. The molecule has 1 aliphatic heterocycles. The molecule has 1 aromatic heterocycles. The number of hydrogen-bond acceptors (Lipinski definition) is 3. The van der Waals surface area contributed by atoms with Crippen molar-refractivity contribution < 1.29 is 13.7 Å². The summed E-state index contributed by atoms with van der Waals surface area (Å²) in [6.45, 7) is 8.20.